The van der Waals surface area contributed by atoms with Crippen molar-refractivity contribution in [1.29, 1.82) is 0 Å². The van der Waals surface area contributed by atoms with Crippen molar-refractivity contribution in [3.05, 3.63) is 201 Å². The lowest BCUT2D eigenvalue weighted by Crippen LogP contribution is -2.16. The summed E-state index contributed by atoms with van der Waals surface area (Å²) in [6.45, 7) is 42.2. The van der Waals surface area contributed by atoms with Crippen LogP contribution in [0.4, 0.5) is 0 Å². The molecular weight excluding hydrogens is 1060 g/mol. The lowest BCUT2D eigenvalue weighted by molar-refractivity contribution is 0.568. The van der Waals surface area contributed by atoms with Crippen LogP contribution in [0.25, 0.3) is 163 Å². The second kappa shape index (κ2) is 17.1. The highest BCUT2D eigenvalue weighted by Gasteiger charge is 2.33. The molecule has 0 atom stereocenters. The molecule has 0 fully saturated rings. The molecule has 2 heteroatoms. The van der Waals surface area contributed by atoms with E-state index in [1.807, 2.05) is 0 Å². The number of hydrogen-bond donors (Lipinski definition) is 0. The molecule has 432 valence electrons. The van der Waals surface area contributed by atoms with Crippen LogP contribution in [0.5, 0.6) is 0 Å². The molecule has 0 aliphatic heterocycles. The average molecular weight is 1140 g/mol. The number of fused-ring (bicyclic) bond motifs is 4. The fourth-order valence-corrected chi connectivity index (χ4v) is 17.1. The van der Waals surface area contributed by atoms with Crippen molar-refractivity contribution in [2.45, 2.75) is 146 Å². The Balaban J connectivity index is 1.09. The van der Waals surface area contributed by atoms with E-state index in [2.05, 4.69) is 279 Å². The largest absolute Gasteiger partial charge is 0.309 e. The summed E-state index contributed by atoms with van der Waals surface area (Å²) >= 11 is 0. The average Bonchev–Trinajstić information content (AvgIpc) is 1.38. The maximum absolute atomic E-state index is 2.71. The van der Waals surface area contributed by atoms with Gasteiger partial charge in [-0.2, -0.15) is 0 Å². The SMILES string of the molecule is Cc1cc(C)c(-n2c3cc(-c4cc(C(C)(C)C)cc(C(C)(C)C)c4)c4cccc5c6ccc7c8ccc9c%10cccc%11c(-c%12cc(C(C)(C)C)cc(C(C)(C)C)c%12)cc%12c(c%11%10)c%10c9c8c(cc%10n%12-c8c(C)cc(C)cc8C)c8cc2c(c6c78)c3c45)c(C)c1. The van der Waals surface area contributed by atoms with Gasteiger partial charge in [-0.25, -0.2) is 0 Å². The van der Waals surface area contributed by atoms with Crippen LogP contribution in [0.15, 0.2) is 146 Å². The fraction of sp³-hybridized carbons (Fsp3) is 0.256. The van der Waals surface area contributed by atoms with E-state index in [0.717, 1.165) is 0 Å². The van der Waals surface area contributed by atoms with Crippen LogP contribution in [0.1, 0.15) is 139 Å². The van der Waals surface area contributed by atoms with Gasteiger partial charge in [-0.1, -0.05) is 216 Å². The summed E-state index contributed by atoms with van der Waals surface area (Å²) in [6.07, 6.45) is 0. The lowest BCUT2D eigenvalue weighted by atomic mass is 9.78. The molecule has 0 saturated heterocycles. The first kappa shape index (κ1) is 53.5. The molecule has 0 N–H and O–H groups in total. The first-order chi connectivity index (χ1) is 41.6. The highest BCUT2D eigenvalue weighted by atomic mass is 15.0. The minimum atomic E-state index is -0.0340. The number of aryl methyl sites for hydroxylation is 6. The summed E-state index contributed by atoms with van der Waals surface area (Å²) in [4.78, 5) is 0. The Morgan fingerprint density at radius 3 is 0.818 bits per heavy atom. The van der Waals surface area contributed by atoms with Crippen molar-refractivity contribution >= 4 is 130 Å². The van der Waals surface area contributed by atoms with Gasteiger partial charge in [0.1, 0.15) is 0 Å². The molecule has 17 aromatic rings. The molecule has 0 radical (unpaired) electrons. The third-order valence-corrected chi connectivity index (χ3v) is 21.1. The highest BCUT2D eigenvalue weighted by Crippen LogP contribution is 2.58. The molecule has 88 heavy (non-hydrogen) atoms. The number of nitrogens with zero attached hydrogens (tertiary/aromatic N) is 2. The number of aromatic nitrogens is 2. The predicted molar refractivity (Wildman–Crippen MR) is 385 cm³/mol. The second-order valence-corrected chi connectivity index (χ2v) is 31.3. The van der Waals surface area contributed by atoms with Crippen LogP contribution in [0.2, 0.25) is 0 Å². The third-order valence-electron chi connectivity index (χ3n) is 21.1. The van der Waals surface area contributed by atoms with E-state index in [1.165, 1.54) is 219 Å². The molecule has 0 aliphatic carbocycles. The summed E-state index contributed by atoms with van der Waals surface area (Å²) in [5.74, 6) is 0. The van der Waals surface area contributed by atoms with Crippen LogP contribution >= 0.6 is 0 Å². The molecule has 17 rings (SSSR count). The van der Waals surface area contributed by atoms with Gasteiger partial charge < -0.3 is 9.13 Å². The Hall–Kier alpha value is -8.72. The number of benzene rings is 15. The van der Waals surface area contributed by atoms with Gasteiger partial charge in [0, 0.05) is 43.1 Å². The van der Waals surface area contributed by atoms with Crippen molar-refractivity contribution in [3.63, 3.8) is 0 Å². The van der Waals surface area contributed by atoms with E-state index >= 15 is 0 Å². The van der Waals surface area contributed by atoms with Crippen molar-refractivity contribution in [2.24, 2.45) is 0 Å². The quantitative estimate of drug-likeness (QED) is 0.123. The molecule has 0 unspecified atom stereocenters. The summed E-state index contributed by atoms with van der Waals surface area (Å²) < 4.78 is 5.42. The summed E-state index contributed by atoms with van der Waals surface area (Å²) in [7, 11) is 0. The summed E-state index contributed by atoms with van der Waals surface area (Å²) in [5, 5.41) is 26.9. The van der Waals surface area contributed by atoms with E-state index < -0.39 is 0 Å². The topological polar surface area (TPSA) is 9.86 Å². The molecule has 15 aromatic carbocycles. The van der Waals surface area contributed by atoms with Gasteiger partial charge in [-0.3, -0.25) is 0 Å². The van der Waals surface area contributed by atoms with Gasteiger partial charge in [-0.05, 0) is 219 Å². The maximum Gasteiger partial charge on any atom is 0.0554 e. The van der Waals surface area contributed by atoms with Crippen LogP contribution in [0, 0.1) is 41.5 Å². The minimum Gasteiger partial charge on any atom is -0.309 e. The lowest BCUT2D eigenvalue weighted by Gasteiger charge is -2.27. The number of rotatable bonds is 4. The first-order valence-corrected chi connectivity index (χ1v) is 32.2. The van der Waals surface area contributed by atoms with Crippen molar-refractivity contribution in [1.82, 2.24) is 9.13 Å². The van der Waals surface area contributed by atoms with Crippen LogP contribution in [-0.2, 0) is 21.7 Å². The monoisotopic (exact) mass is 1140 g/mol. The van der Waals surface area contributed by atoms with Crippen molar-refractivity contribution in [3.8, 4) is 33.6 Å². The highest BCUT2D eigenvalue weighted by molar-refractivity contribution is 6.51. The van der Waals surface area contributed by atoms with Gasteiger partial charge >= 0.3 is 0 Å². The van der Waals surface area contributed by atoms with Crippen LogP contribution in [-0.4, -0.2) is 9.13 Å². The Bertz CT molecular complexity index is 5400. The Morgan fingerprint density at radius 1 is 0.239 bits per heavy atom. The smallest absolute Gasteiger partial charge is 0.0554 e. The maximum atomic E-state index is 2.71. The van der Waals surface area contributed by atoms with Gasteiger partial charge in [-0.15, -0.1) is 0 Å². The number of hydrogen-bond acceptors (Lipinski definition) is 0. The molecule has 0 aliphatic rings. The third kappa shape index (κ3) is 7.01. The van der Waals surface area contributed by atoms with E-state index in [-0.39, 0.29) is 21.7 Å². The molecule has 0 amide bonds. The zero-order chi connectivity index (χ0) is 61.2. The van der Waals surface area contributed by atoms with Crippen LogP contribution < -0.4 is 0 Å². The molecular formula is C86H78N2. The van der Waals surface area contributed by atoms with Gasteiger partial charge in [0.05, 0.1) is 33.4 Å². The van der Waals surface area contributed by atoms with Gasteiger partial charge in [0.25, 0.3) is 0 Å². The fourth-order valence-electron chi connectivity index (χ4n) is 17.1. The molecule has 2 nitrogen and oxygen atoms in total. The van der Waals surface area contributed by atoms with Gasteiger partial charge in [0.2, 0.25) is 0 Å². The van der Waals surface area contributed by atoms with E-state index in [1.54, 1.807) is 0 Å². The predicted octanol–water partition coefficient (Wildman–Crippen LogP) is 24.7. The van der Waals surface area contributed by atoms with Crippen LogP contribution in [0.3, 0.4) is 0 Å². The van der Waals surface area contributed by atoms with E-state index in [0.29, 0.717) is 0 Å². The minimum absolute atomic E-state index is 0.0340. The normalized spacial score (nSPS) is 13.6. The summed E-state index contributed by atoms with van der Waals surface area (Å²) in [5.41, 5.74) is 25.8. The molecule has 0 saturated carbocycles. The molecule has 0 spiro atoms. The Labute approximate surface area is 517 Å². The zero-order valence-corrected chi connectivity index (χ0v) is 54.8. The second-order valence-electron chi connectivity index (χ2n) is 31.3. The Kier molecular flexibility index (Phi) is 10.4. The Morgan fingerprint density at radius 2 is 0.500 bits per heavy atom. The van der Waals surface area contributed by atoms with E-state index in [4.69, 9.17) is 0 Å². The molecule has 0 bridgehead atoms. The van der Waals surface area contributed by atoms with Crippen molar-refractivity contribution < 1.29 is 0 Å². The molecule has 2 aromatic heterocycles. The van der Waals surface area contributed by atoms with Gasteiger partial charge in [0.15, 0.2) is 0 Å². The van der Waals surface area contributed by atoms with E-state index in [9.17, 15) is 0 Å². The molecule has 2 heterocycles. The first-order valence-electron chi connectivity index (χ1n) is 32.2. The van der Waals surface area contributed by atoms with Crippen molar-refractivity contribution in [2.75, 3.05) is 0 Å². The zero-order valence-electron chi connectivity index (χ0n) is 54.8. The standard InChI is InChI=1S/C86H78N2/c1-43-29-45(3)81(46(4)30-43)87-67-39-63(49-33-51(83(7,8)9)37-52(34-49)84(10,11)12)57-23-19-21-55-61-27-25-59-60-26-28-62-56-22-20-24-58-64(50-35-53(85(13,14)15)38-54(36-50)86(16,17)18)40-68-78(72(56)58)80-70(88(68)82-47(5)31-44(2)32-48(82)6)42-66(74(60)76(62)80)65-41-69(87)79(75(61)73(59)65)77(67)71(55)57/h19-42H,1-18H3. The summed E-state index contributed by atoms with van der Waals surface area (Å²) in [6, 6.07) is 59.4.